The van der Waals surface area contributed by atoms with Gasteiger partial charge in [0, 0.05) is 0 Å². The maximum Gasteiger partial charge on any atom is -1.00 e. The van der Waals surface area contributed by atoms with Gasteiger partial charge in [-0.05, 0) is 0 Å². The van der Waals surface area contributed by atoms with E-state index in [9.17, 15) is 4.79 Å². The zero-order valence-electron chi connectivity index (χ0n) is 15.4. The summed E-state index contributed by atoms with van der Waals surface area (Å²) in [5, 5.41) is 1.45. The Kier molecular flexibility index (Phi) is 8.50. The Morgan fingerprint density at radius 1 is 1.27 bits per heavy atom. The van der Waals surface area contributed by atoms with Crippen molar-refractivity contribution in [3.8, 4) is 0 Å². The predicted octanol–water partition coefficient (Wildman–Crippen LogP) is -2.30. The molecule has 1 unspecified atom stereocenters. The molecule has 135 valence electrons. The average Bonchev–Trinajstić information content (AvgIpc) is 2.93. The van der Waals surface area contributed by atoms with Crippen molar-refractivity contribution in [2.75, 3.05) is 0 Å². The van der Waals surface area contributed by atoms with Gasteiger partial charge in [0.2, 0.25) is 0 Å². The summed E-state index contributed by atoms with van der Waals surface area (Å²) < 4.78 is 2.82. The largest absolute Gasteiger partial charge is 1.00 e. The van der Waals surface area contributed by atoms with Crippen LogP contribution in [0.1, 0.15) is 30.5 Å². The van der Waals surface area contributed by atoms with Crippen molar-refractivity contribution >= 4 is 31.1 Å². The molecule has 3 rings (SSSR count). The van der Waals surface area contributed by atoms with E-state index in [0.29, 0.717) is 5.92 Å². The second-order valence-electron chi connectivity index (χ2n) is 6.85. The molecular formula is C20H22Cl2NOSiTi. The number of hydrogen-bond donors (Lipinski definition) is 1. The van der Waals surface area contributed by atoms with Crippen molar-refractivity contribution < 1.29 is 50.3 Å². The topological polar surface area (TPSA) is 29.1 Å². The molecule has 2 nitrogen and oxygen atoms in total. The number of amides is 1. The second kappa shape index (κ2) is 9.48. The van der Waals surface area contributed by atoms with Crippen LogP contribution < -0.4 is 28.6 Å². The molecule has 1 N–H and O–H groups in total. The number of rotatable bonds is 2. The molecule has 0 radical (unpaired) electrons. The van der Waals surface area contributed by atoms with Crippen molar-refractivity contribution in [2.45, 2.75) is 33.4 Å². The Balaban J connectivity index is 0.00000169. The van der Waals surface area contributed by atoms with Crippen molar-refractivity contribution in [3.63, 3.8) is 0 Å². The molecule has 1 amide bonds. The van der Waals surface area contributed by atoms with Crippen molar-refractivity contribution in [1.82, 2.24) is 3.80 Å². The molecular weight excluding hydrogens is 417 g/mol. The minimum Gasteiger partial charge on any atom is -1.00 e. The molecule has 2 aliphatic rings. The van der Waals surface area contributed by atoms with Crippen LogP contribution in [0.3, 0.4) is 0 Å². The SMILES string of the molecule is CC1=Cc2c(cccc2C2=C(C(=O)[NH][Ti+2])C=CC(C)C2=[Si](C)C)C1.[Cl-].[Cl-]. The third-order valence-corrected chi connectivity index (χ3v) is 6.91. The van der Waals surface area contributed by atoms with Crippen LogP contribution in [-0.2, 0) is 31.9 Å². The fraction of sp³-hybridized carbons (Fsp3) is 0.300. The fourth-order valence-electron chi connectivity index (χ4n) is 3.80. The van der Waals surface area contributed by atoms with Gasteiger partial charge in [0.05, 0.1) is 0 Å². The first-order valence-corrected chi connectivity index (χ1v) is 11.6. The summed E-state index contributed by atoms with van der Waals surface area (Å²) in [7, 11) is -0.676. The summed E-state index contributed by atoms with van der Waals surface area (Å²) in [6, 6.07) is 6.52. The van der Waals surface area contributed by atoms with Gasteiger partial charge in [-0.3, -0.25) is 0 Å². The number of nitrogens with one attached hydrogen (secondary N) is 1. The zero-order valence-corrected chi connectivity index (χ0v) is 19.5. The van der Waals surface area contributed by atoms with E-state index >= 15 is 0 Å². The van der Waals surface area contributed by atoms with Crippen LogP contribution in [0.4, 0.5) is 0 Å². The molecule has 26 heavy (non-hydrogen) atoms. The predicted molar refractivity (Wildman–Crippen MR) is 99.7 cm³/mol. The van der Waals surface area contributed by atoms with Gasteiger partial charge in [0.25, 0.3) is 0 Å². The average molecular weight is 439 g/mol. The molecule has 0 spiro atoms. The Labute approximate surface area is 182 Å². The third kappa shape index (κ3) is 4.23. The van der Waals surface area contributed by atoms with E-state index in [0.717, 1.165) is 12.0 Å². The summed E-state index contributed by atoms with van der Waals surface area (Å²) in [4.78, 5) is 12.6. The van der Waals surface area contributed by atoms with Crippen LogP contribution in [-0.4, -0.2) is 19.5 Å². The van der Waals surface area contributed by atoms with Crippen LogP contribution in [0.2, 0.25) is 13.1 Å². The second-order valence-corrected chi connectivity index (χ2v) is 9.78. The number of carbonyl (C=O) groups is 1. The van der Waals surface area contributed by atoms with Gasteiger partial charge in [-0.2, -0.15) is 0 Å². The van der Waals surface area contributed by atoms with Crippen molar-refractivity contribution in [2.24, 2.45) is 5.92 Å². The van der Waals surface area contributed by atoms with Crippen LogP contribution in [0, 0.1) is 5.92 Å². The van der Waals surface area contributed by atoms with E-state index in [-0.39, 0.29) is 30.7 Å². The summed E-state index contributed by atoms with van der Waals surface area (Å²) in [6.07, 6.45) is 7.49. The normalized spacial score (nSPS) is 17.8. The Morgan fingerprint density at radius 2 is 1.96 bits per heavy atom. The Bertz CT molecular complexity index is 851. The Morgan fingerprint density at radius 3 is 2.58 bits per heavy atom. The van der Waals surface area contributed by atoms with Gasteiger partial charge in [0.1, 0.15) is 0 Å². The number of halogens is 2. The molecule has 0 saturated heterocycles. The first-order chi connectivity index (χ1) is 11.4. The number of allylic oxidation sites excluding steroid dienone is 3. The van der Waals surface area contributed by atoms with Gasteiger partial charge < -0.3 is 24.8 Å². The number of fused-ring (bicyclic) bond motifs is 1. The zero-order chi connectivity index (χ0) is 17.4. The van der Waals surface area contributed by atoms with Gasteiger partial charge >= 0.3 is 158 Å². The van der Waals surface area contributed by atoms with Gasteiger partial charge in [-0.25, -0.2) is 0 Å². The maximum absolute atomic E-state index is 12.6. The molecule has 0 bridgehead atoms. The molecule has 1 aromatic carbocycles. The van der Waals surface area contributed by atoms with E-state index in [4.69, 9.17) is 0 Å². The van der Waals surface area contributed by atoms with E-state index in [1.807, 2.05) is 6.08 Å². The summed E-state index contributed by atoms with van der Waals surface area (Å²) in [5.41, 5.74) is 7.26. The molecule has 0 heterocycles. The first-order valence-electron chi connectivity index (χ1n) is 8.30. The quantitative estimate of drug-likeness (QED) is 0.517. The molecule has 0 aromatic heterocycles. The van der Waals surface area contributed by atoms with Crippen molar-refractivity contribution in [1.29, 1.82) is 0 Å². The van der Waals surface area contributed by atoms with Crippen LogP contribution >= 0.6 is 0 Å². The van der Waals surface area contributed by atoms with Crippen LogP contribution in [0.15, 0.2) is 41.5 Å². The third-order valence-electron chi connectivity index (χ3n) is 4.77. The number of hydrogen-bond acceptors (Lipinski definition) is 1. The molecule has 0 saturated carbocycles. The molecule has 2 aliphatic carbocycles. The van der Waals surface area contributed by atoms with Gasteiger partial charge in [-0.15, -0.1) is 0 Å². The van der Waals surface area contributed by atoms with Crippen LogP contribution in [0.25, 0.3) is 11.6 Å². The minimum absolute atomic E-state index is 0. The van der Waals surface area contributed by atoms with E-state index in [1.165, 1.54) is 33.0 Å². The van der Waals surface area contributed by atoms with Gasteiger partial charge in [0.15, 0.2) is 0 Å². The van der Waals surface area contributed by atoms with E-state index in [1.54, 1.807) is 20.7 Å². The monoisotopic (exact) mass is 438 g/mol. The summed E-state index contributed by atoms with van der Waals surface area (Å²) >= 11 is 1.71. The summed E-state index contributed by atoms with van der Waals surface area (Å²) in [6.45, 7) is 9.07. The number of carbonyl (C=O) groups excluding carboxylic acids is 1. The van der Waals surface area contributed by atoms with Crippen molar-refractivity contribution in [3.05, 3.63) is 58.2 Å². The molecule has 1 atom stereocenters. The van der Waals surface area contributed by atoms with Crippen LogP contribution in [0.5, 0.6) is 0 Å². The maximum atomic E-state index is 12.6. The molecule has 1 aromatic rings. The fourth-order valence-corrected chi connectivity index (χ4v) is 5.78. The smallest absolute Gasteiger partial charge is 1.00 e. The standard InChI is InChI=1S/C20H23NOSi.2ClH.Ti/c1-12-10-14-6-5-7-15(17(14)11-12)18-16(20(21)22)9-8-13(2)19(18)23(3)4;;;/h5-9,11,13H,10H2,1-4H3,(H2,21,22);2*1H;/q;;;+3/p-3. The molecule has 6 heteroatoms. The van der Waals surface area contributed by atoms with E-state index in [2.05, 4.69) is 61.1 Å². The Hall–Kier alpha value is -0.709. The van der Waals surface area contributed by atoms with Gasteiger partial charge in [-0.1, -0.05) is 0 Å². The first kappa shape index (κ1) is 23.3. The van der Waals surface area contributed by atoms with E-state index < -0.39 is 8.41 Å². The molecule has 0 fully saturated rings. The summed E-state index contributed by atoms with van der Waals surface area (Å²) in [5.74, 6) is 0.393. The molecule has 0 aliphatic heterocycles. The minimum atomic E-state index is -0.676. The number of benzene rings is 1.